The van der Waals surface area contributed by atoms with E-state index in [1.54, 1.807) is 0 Å². The Hall–Kier alpha value is -1.47. The minimum atomic E-state index is -0.0443. The van der Waals surface area contributed by atoms with Crippen LogP contribution in [0.1, 0.15) is 25.9 Å². The van der Waals surface area contributed by atoms with Crippen LogP contribution in [0.5, 0.6) is 0 Å². The minimum Gasteiger partial charge on any atom is -0.379 e. The Morgan fingerprint density at radius 3 is 2.76 bits per heavy atom. The summed E-state index contributed by atoms with van der Waals surface area (Å²) >= 11 is 7.37. The number of carbonyl (C=O) groups excluding carboxylic acids is 1. The molecule has 0 radical (unpaired) electrons. The third-order valence-corrected chi connectivity index (χ3v) is 5.52. The number of benzene rings is 1. The molecule has 5 nitrogen and oxygen atoms in total. The molecule has 0 aliphatic carbocycles. The van der Waals surface area contributed by atoms with Crippen molar-refractivity contribution in [1.29, 1.82) is 0 Å². The average Bonchev–Trinajstić information content (AvgIpc) is 2.98. The lowest BCUT2D eigenvalue weighted by Crippen LogP contribution is -2.35. The number of thiazole rings is 1. The molecule has 0 saturated carbocycles. The number of hydrogen-bond donors (Lipinski definition) is 1. The molecule has 1 aromatic carbocycles. The summed E-state index contributed by atoms with van der Waals surface area (Å²) in [4.78, 5) is 20.0. The summed E-state index contributed by atoms with van der Waals surface area (Å²) in [6.07, 6.45) is 0.779. The van der Waals surface area contributed by atoms with Gasteiger partial charge in [-0.1, -0.05) is 23.7 Å². The van der Waals surface area contributed by atoms with Crippen molar-refractivity contribution in [2.45, 2.75) is 19.9 Å². The monoisotopic (exact) mass is 379 g/mol. The number of amides is 1. The van der Waals surface area contributed by atoms with Crippen LogP contribution in [0.2, 0.25) is 5.02 Å². The molecule has 1 aromatic heterocycles. The predicted molar refractivity (Wildman–Crippen MR) is 100 cm³/mol. The van der Waals surface area contributed by atoms with Gasteiger partial charge in [-0.15, -0.1) is 11.3 Å². The molecule has 1 aliphatic heterocycles. The number of morpholine rings is 1. The molecule has 7 heteroatoms. The normalized spacial score (nSPS) is 15.3. The second kappa shape index (κ2) is 8.76. The first-order chi connectivity index (χ1) is 12.1. The standard InChI is InChI=1S/C18H22ClN3O2S/c1-13-17(25-16(21-13)12-22-8-10-24-11-9-22)18(23)20-7-6-14-2-4-15(19)5-3-14/h2-5H,6-12H2,1H3,(H,20,23). The van der Waals surface area contributed by atoms with Gasteiger partial charge in [0.25, 0.3) is 5.91 Å². The predicted octanol–water partition coefficient (Wildman–Crippen LogP) is 2.91. The smallest absolute Gasteiger partial charge is 0.263 e. The second-order valence-electron chi connectivity index (χ2n) is 6.04. The van der Waals surface area contributed by atoms with E-state index in [2.05, 4.69) is 15.2 Å². The van der Waals surface area contributed by atoms with Crippen molar-refractivity contribution in [3.05, 3.63) is 50.4 Å². The number of carbonyl (C=O) groups is 1. The first kappa shape index (κ1) is 18.3. The maximum Gasteiger partial charge on any atom is 0.263 e. The lowest BCUT2D eigenvalue weighted by atomic mass is 10.1. The molecule has 2 aromatic rings. The summed E-state index contributed by atoms with van der Waals surface area (Å²) in [5.74, 6) is -0.0443. The molecule has 1 amide bonds. The fraction of sp³-hybridized carbons (Fsp3) is 0.444. The maximum atomic E-state index is 12.4. The van der Waals surface area contributed by atoms with Gasteiger partial charge in [0, 0.05) is 24.7 Å². The van der Waals surface area contributed by atoms with Gasteiger partial charge in [-0.05, 0) is 31.0 Å². The first-order valence-corrected chi connectivity index (χ1v) is 9.60. The highest BCUT2D eigenvalue weighted by Crippen LogP contribution is 2.20. The summed E-state index contributed by atoms with van der Waals surface area (Å²) in [5.41, 5.74) is 1.95. The lowest BCUT2D eigenvalue weighted by molar-refractivity contribution is 0.0341. The van der Waals surface area contributed by atoms with Gasteiger partial charge >= 0.3 is 0 Å². The second-order valence-corrected chi connectivity index (χ2v) is 7.56. The Bertz CT molecular complexity index is 712. The van der Waals surface area contributed by atoms with E-state index >= 15 is 0 Å². The highest BCUT2D eigenvalue weighted by molar-refractivity contribution is 7.13. The molecule has 0 bridgehead atoms. The van der Waals surface area contributed by atoms with Crippen molar-refractivity contribution in [1.82, 2.24) is 15.2 Å². The molecular formula is C18H22ClN3O2S. The van der Waals surface area contributed by atoms with Crippen LogP contribution in [0.15, 0.2) is 24.3 Å². The fourth-order valence-corrected chi connectivity index (χ4v) is 3.88. The molecule has 2 heterocycles. The van der Waals surface area contributed by atoms with Gasteiger partial charge in [-0.25, -0.2) is 4.98 Å². The van der Waals surface area contributed by atoms with Crippen LogP contribution in [0.25, 0.3) is 0 Å². The van der Waals surface area contributed by atoms with Gasteiger partial charge in [0.2, 0.25) is 0 Å². The SMILES string of the molecule is Cc1nc(CN2CCOCC2)sc1C(=O)NCCc1ccc(Cl)cc1. The van der Waals surface area contributed by atoms with Crippen LogP contribution in [-0.2, 0) is 17.7 Å². The molecule has 1 aliphatic rings. The van der Waals surface area contributed by atoms with Crippen LogP contribution in [-0.4, -0.2) is 48.6 Å². The quantitative estimate of drug-likeness (QED) is 0.838. The van der Waals surface area contributed by atoms with E-state index in [0.29, 0.717) is 11.4 Å². The Morgan fingerprint density at radius 1 is 1.32 bits per heavy atom. The van der Waals surface area contributed by atoms with E-state index < -0.39 is 0 Å². The Balaban J connectivity index is 1.52. The van der Waals surface area contributed by atoms with Crippen LogP contribution in [0.4, 0.5) is 0 Å². The zero-order valence-electron chi connectivity index (χ0n) is 14.3. The molecule has 1 N–H and O–H groups in total. The highest BCUT2D eigenvalue weighted by atomic mass is 35.5. The third kappa shape index (κ3) is 5.25. The molecule has 134 valence electrons. The van der Waals surface area contributed by atoms with Crippen molar-refractivity contribution >= 4 is 28.8 Å². The molecule has 1 fully saturated rings. The number of hydrogen-bond acceptors (Lipinski definition) is 5. The maximum absolute atomic E-state index is 12.4. The number of aryl methyl sites for hydroxylation is 1. The van der Waals surface area contributed by atoms with E-state index in [1.807, 2.05) is 31.2 Å². The van der Waals surface area contributed by atoms with E-state index in [9.17, 15) is 4.79 Å². The molecular weight excluding hydrogens is 358 g/mol. The van der Waals surface area contributed by atoms with Gasteiger partial charge in [0.05, 0.1) is 25.5 Å². The van der Waals surface area contributed by atoms with Gasteiger partial charge < -0.3 is 10.1 Å². The van der Waals surface area contributed by atoms with E-state index in [0.717, 1.165) is 60.6 Å². The highest BCUT2D eigenvalue weighted by Gasteiger charge is 2.18. The molecule has 25 heavy (non-hydrogen) atoms. The van der Waals surface area contributed by atoms with Crippen molar-refractivity contribution in [3.63, 3.8) is 0 Å². The van der Waals surface area contributed by atoms with Gasteiger partial charge in [-0.3, -0.25) is 9.69 Å². The number of ether oxygens (including phenoxy) is 1. The van der Waals surface area contributed by atoms with Crippen LogP contribution < -0.4 is 5.32 Å². The van der Waals surface area contributed by atoms with E-state index in [4.69, 9.17) is 16.3 Å². The van der Waals surface area contributed by atoms with Gasteiger partial charge in [0.1, 0.15) is 9.88 Å². The summed E-state index contributed by atoms with van der Waals surface area (Å²) in [5, 5.41) is 4.70. The zero-order valence-corrected chi connectivity index (χ0v) is 15.8. The van der Waals surface area contributed by atoms with Crippen LogP contribution in [0, 0.1) is 6.92 Å². The van der Waals surface area contributed by atoms with Gasteiger partial charge in [0.15, 0.2) is 0 Å². The molecule has 0 unspecified atom stereocenters. The summed E-state index contributed by atoms with van der Waals surface area (Å²) in [7, 11) is 0. The molecule has 0 atom stereocenters. The molecule has 0 spiro atoms. The number of aromatic nitrogens is 1. The largest absolute Gasteiger partial charge is 0.379 e. The van der Waals surface area contributed by atoms with Crippen molar-refractivity contribution in [3.8, 4) is 0 Å². The van der Waals surface area contributed by atoms with E-state index in [-0.39, 0.29) is 5.91 Å². The van der Waals surface area contributed by atoms with Crippen molar-refractivity contribution in [2.75, 3.05) is 32.8 Å². The lowest BCUT2D eigenvalue weighted by Gasteiger charge is -2.25. The number of halogens is 1. The topological polar surface area (TPSA) is 54.5 Å². The average molecular weight is 380 g/mol. The number of nitrogens with one attached hydrogen (secondary N) is 1. The summed E-state index contributed by atoms with van der Waals surface area (Å²) in [6, 6.07) is 7.69. The van der Waals surface area contributed by atoms with Crippen molar-refractivity contribution < 1.29 is 9.53 Å². The Morgan fingerprint density at radius 2 is 2.04 bits per heavy atom. The summed E-state index contributed by atoms with van der Waals surface area (Å²) in [6.45, 7) is 6.64. The Labute approximate surface area is 157 Å². The van der Waals surface area contributed by atoms with Crippen molar-refractivity contribution in [2.24, 2.45) is 0 Å². The van der Waals surface area contributed by atoms with Gasteiger partial charge in [-0.2, -0.15) is 0 Å². The van der Waals surface area contributed by atoms with Crippen LogP contribution >= 0.6 is 22.9 Å². The molecule has 3 rings (SSSR count). The number of rotatable bonds is 6. The summed E-state index contributed by atoms with van der Waals surface area (Å²) < 4.78 is 5.36. The number of nitrogens with zero attached hydrogens (tertiary/aromatic N) is 2. The minimum absolute atomic E-state index is 0.0443. The zero-order chi connectivity index (χ0) is 17.6. The molecule has 1 saturated heterocycles. The third-order valence-electron chi connectivity index (χ3n) is 4.12. The Kier molecular flexibility index (Phi) is 6.42. The van der Waals surface area contributed by atoms with Crippen LogP contribution in [0.3, 0.4) is 0 Å². The van der Waals surface area contributed by atoms with E-state index in [1.165, 1.54) is 11.3 Å². The first-order valence-electron chi connectivity index (χ1n) is 8.41. The fourth-order valence-electron chi connectivity index (χ4n) is 2.73.